The molecule has 146 valence electrons. The molecule has 30 heavy (non-hydrogen) atoms. The molecule has 0 aliphatic rings. The molecule has 3 aromatic carbocycles. The number of nitrogens with zero attached hydrogens (tertiary/aromatic N) is 4. The maximum absolute atomic E-state index is 5.92. The normalized spacial score (nSPS) is 10.8. The van der Waals surface area contributed by atoms with Crippen LogP contribution in [0.25, 0.3) is 45.4 Å². The first-order valence-corrected chi connectivity index (χ1v) is 9.67. The molecular formula is C25H20N4O. The molecule has 0 unspecified atom stereocenters. The molecule has 5 rings (SSSR count). The van der Waals surface area contributed by atoms with Gasteiger partial charge in [-0.3, -0.25) is 4.98 Å². The first-order chi connectivity index (χ1) is 14.8. The van der Waals surface area contributed by atoms with Crippen LogP contribution in [0.1, 0.15) is 7.12 Å². The highest BCUT2D eigenvalue weighted by molar-refractivity contribution is 5.82. The Balaban J connectivity index is 0.00000231. The fourth-order valence-corrected chi connectivity index (χ4v) is 3.37. The summed E-state index contributed by atoms with van der Waals surface area (Å²) in [6.07, 6.45) is 1.79. The minimum absolute atomic E-state index is 0. The van der Waals surface area contributed by atoms with Crippen LogP contribution in [-0.2, 0) is 0 Å². The van der Waals surface area contributed by atoms with Crippen molar-refractivity contribution in [2.75, 3.05) is 0 Å². The average Bonchev–Trinajstić information content (AvgIpc) is 3.31. The second-order valence-corrected chi connectivity index (χ2v) is 6.88. The van der Waals surface area contributed by atoms with Gasteiger partial charge in [-0.2, -0.15) is 0 Å². The maximum atomic E-state index is 5.92. The third-order valence-electron chi connectivity index (χ3n) is 4.89. The highest BCUT2D eigenvalue weighted by Crippen LogP contribution is 2.32. The van der Waals surface area contributed by atoms with Crippen molar-refractivity contribution in [3.63, 3.8) is 0 Å². The Bertz CT molecular complexity index is 1300. The van der Waals surface area contributed by atoms with Gasteiger partial charge in [0.25, 0.3) is 5.89 Å². The van der Waals surface area contributed by atoms with Crippen molar-refractivity contribution in [3.05, 3.63) is 96.8 Å². The van der Waals surface area contributed by atoms with Gasteiger partial charge in [0.05, 0.1) is 17.6 Å². The fourth-order valence-electron chi connectivity index (χ4n) is 3.37. The van der Waals surface area contributed by atoms with Gasteiger partial charge in [-0.15, -0.1) is 10.2 Å². The van der Waals surface area contributed by atoms with Gasteiger partial charge in [0.1, 0.15) is 5.69 Å². The molecule has 5 nitrogen and oxygen atoms in total. The molecular weight excluding hydrogens is 372 g/mol. The molecule has 0 bridgehead atoms. The summed E-state index contributed by atoms with van der Waals surface area (Å²) < 4.78 is 5.92. The van der Waals surface area contributed by atoms with Crippen LogP contribution in [0.2, 0.25) is 0 Å². The predicted octanol–water partition coefficient (Wildman–Crippen LogP) is 6.08. The molecule has 0 saturated carbocycles. The van der Waals surface area contributed by atoms with Crippen LogP contribution in [0, 0.1) is 6.92 Å². The molecule has 0 aliphatic carbocycles. The second-order valence-electron chi connectivity index (χ2n) is 6.88. The quantitative estimate of drug-likeness (QED) is 0.371. The van der Waals surface area contributed by atoms with Crippen LogP contribution in [-0.4, -0.2) is 20.2 Å². The van der Waals surface area contributed by atoms with Crippen LogP contribution in [0.3, 0.4) is 0 Å². The van der Waals surface area contributed by atoms with Crippen molar-refractivity contribution in [2.45, 2.75) is 6.92 Å². The van der Waals surface area contributed by atoms with Crippen molar-refractivity contribution < 1.29 is 5.84 Å². The van der Waals surface area contributed by atoms with Gasteiger partial charge in [0.2, 0.25) is 5.89 Å². The van der Waals surface area contributed by atoms with Gasteiger partial charge < -0.3 is 4.42 Å². The monoisotopic (exact) mass is 392 g/mol. The van der Waals surface area contributed by atoms with Gasteiger partial charge in [-0.1, -0.05) is 72.8 Å². The summed E-state index contributed by atoms with van der Waals surface area (Å²) in [4.78, 5) is 9.41. The molecule has 0 N–H and O–H groups in total. The minimum atomic E-state index is 0. The zero-order valence-corrected chi connectivity index (χ0v) is 16.4. The van der Waals surface area contributed by atoms with Gasteiger partial charge in [-0.05, 0) is 30.2 Å². The summed E-state index contributed by atoms with van der Waals surface area (Å²) >= 11 is 0. The molecule has 0 atom stereocenters. The Morgan fingerprint density at radius 3 is 2.00 bits per heavy atom. The largest absolute Gasteiger partial charge is 0.415 e. The number of aryl methyl sites for hydroxylation is 1. The summed E-state index contributed by atoms with van der Waals surface area (Å²) in [6, 6.07) is 28.1. The molecule has 5 aromatic rings. The van der Waals surface area contributed by atoms with Crippen molar-refractivity contribution in [2.24, 2.45) is 0 Å². The number of hydrogen-bond donors (Lipinski definition) is 0. The van der Waals surface area contributed by atoms with Gasteiger partial charge in [0, 0.05) is 12.6 Å². The lowest BCUT2D eigenvalue weighted by atomic mass is 9.98. The van der Waals surface area contributed by atoms with E-state index in [1.165, 1.54) is 0 Å². The van der Waals surface area contributed by atoms with E-state index in [2.05, 4.69) is 39.4 Å². The summed E-state index contributed by atoms with van der Waals surface area (Å²) in [7, 11) is 0. The lowest BCUT2D eigenvalue weighted by Gasteiger charge is -2.10. The summed E-state index contributed by atoms with van der Waals surface area (Å²) in [5.41, 5.74) is 6.17. The van der Waals surface area contributed by atoms with Crippen molar-refractivity contribution in [1.29, 1.82) is 0 Å². The zero-order valence-electron chi connectivity index (χ0n) is 16.4. The van der Waals surface area contributed by atoms with Crippen LogP contribution in [0.5, 0.6) is 0 Å². The van der Waals surface area contributed by atoms with E-state index in [9.17, 15) is 0 Å². The molecule has 0 aliphatic heterocycles. The molecule has 0 fully saturated rings. The van der Waals surface area contributed by atoms with E-state index in [1.54, 1.807) is 6.20 Å². The molecule has 0 radical (unpaired) electrons. The second kappa shape index (κ2) is 7.72. The van der Waals surface area contributed by atoms with Crippen LogP contribution < -0.4 is 0 Å². The first kappa shape index (κ1) is 17.9. The Labute approximate surface area is 175 Å². The molecule has 0 saturated heterocycles. The minimum Gasteiger partial charge on any atom is -0.415 e. The summed E-state index contributed by atoms with van der Waals surface area (Å²) in [6.45, 7) is 1.89. The van der Waals surface area contributed by atoms with Gasteiger partial charge in [0.15, 0.2) is 0 Å². The summed E-state index contributed by atoms with van der Waals surface area (Å²) in [5, 5.41) is 8.41. The Morgan fingerprint density at radius 1 is 0.667 bits per heavy atom. The number of hydrogen-bond acceptors (Lipinski definition) is 5. The Kier molecular flexibility index (Phi) is 4.62. The first-order valence-electron chi connectivity index (χ1n) is 9.67. The lowest BCUT2D eigenvalue weighted by molar-refractivity contribution is 0.581. The smallest absolute Gasteiger partial charge is 0.268 e. The fraction of sp³-hybridized carbons (Fsp3) is 0.0400. The van der Waals surface area contributed by atoms with E-state index >= 15 is 0 Å². The highest BCUT2D eigenvalue weighted by Gasteiger charge is 2.17. The van der Waals surface area contributed by atoms with E-state index in [-0.39, 0.29) is 1.43 Å². The van der Waals surface area contributed by atoms with Crippen LogP contribution >= 0.6 is 0 Å². The number of aromatic nitrogens is 4. The SMILES string of the molecule is Cc1ncc(-c2ccccc2-c2ccccc2)nc1-c1nnc(-c2ccccc2)o1.[HH]. The van der Waals surface area contributed by atoms with Crippen molar-refractivity contribution in [3.8, 4) is 45.4 Å². The van der Waals surface area contributed by atoms with Crippen molar-refractivity contribution in [1.82, 2.24) is 20.2 Å². The zero-order chi connectivity index (χ0) is 20.3. The van der Waals surface area contributed by atoms with Gasteiger partial charge >= 0.3 is 0 Å². The predicted molar refractivity (Wildman–Crippen MR) is 118 cm³/mol. The highest BCUT2D eigenvalue weighted by atomic mass is 16.4. The maximum Gasteiger partial charge on any atom is 0.268 e. The van der Waals surface area contributed by atoms with Crippen molar-refractivity contribution >= 4 is 0 Å². The third kappa shape index (κ3) is 3.37. The van der Waals surface area contributed by atoms with E-state index in [0.717, 1.165) is 33.6 Å². The number of benzene rings is 3. The topological polar surface area (TPSA) is 64.7 Å². The third-order valence-corrected chi connectivity index (χ3v) is 4.89. The number of rotatable bonds is 4. The molecule has 0 spiro atoms. The molecule has 0 amide bonds. The Hall–Kier alpha value is -4.12. The van der Waals surface area contributed by atoms with Crippen LogP contribution in [0.15, 0.2) is 95.5 Å². The van der Waals surface area contributed by atoms with E-state index < -0.39 is 0 Å². The molecule has 2 heterocycles. The Morgan fingerprint density at radius 2 is 1.27 bits per heavy atom. The van der Waals surface area contributed by atoms with Gasteiger partial charge in [-0.25, -0.2) is 4.98 Å². The lowest BCUT2D eigenvalue weighted by Crippen LogP contribution is -1.96. The molecule has 2 aromatic heterocycles. The average molecular weight is 392 g/mol. The molecule has 5 heteroatoms. The van der Waals surface area contributed by atoms with Crippen LogP contribution in [0.4, 0.5) is 0 Å². The van der Waals surface area contributed by atoms with E-state index in [4.69, 9.17) is 9.40 Å². The van der Waals surface area contributed by atoms with E-state index in [0.29, 0.717) is 17.5 Å². The standard InChI is InChI=1S/C25H18N4O.H2/c1-17-23(25-29-28-24(30-25)19-12-6-3-7-13-19)27-22(16-26-17)21-15-9-8-14-20(21)18-10-4-2-5-11-18;/h2-16H,1H3;1H. The van der Waals surface area contributed by atoms with E-state index in [1.807, 2.05) is 67.6 Å². The summed E-state index contributed by atoms with van der Waals surface area (Å²) in [5.74, 6) is 0.819.